The molecule has 3 rings (SSSR count). The van der Waals surface area contributed by atoms with Crippen LogP contribution >= 0.6 is 0 Å². The number of aryl methyl sites for hydroxylation is 1. The normalized spacial score (nSPS) is 28.6. The van der Waals surface area contributed by atoms with Gasteiger partial charge in [0.2, 0.25) is 0 Å². The summed E-state index contributed by atoms with van der Waals surface area (Å²) < 4.78 is 0. The minimum absolute atomic E-state index is 0.958. The molecule has 1 aliphatic carbocycles. The molecule has 0 unspecified atom stereocenters. The predicted octanol–water partition coefficient (Wildman–Crippen LogP) is 0.759. The van der Waals surface area contributed by atoms with Crippen molar-refractivity contribution in [3.63, 3.8) is 0 Å². The maximum atomic E-state index is 2.40. The molecule has 1 aliphatic heterocycles. The third-order valence-electron chi connectivity index (χ3n) is 5.46. The van der Waals surface area contributed by atoms with Gasteiger partial charge in [-0.1, -0.05) is 42.5 Å². The first-order chi connectivity index (χ1) is 10.9. The van der Waals surface area contributed by atoms with Gasteiger partial charge in [0.1, 0.15) is 26.2 Å². The van der Waals surface area contributed by atoms with Gasteiger partial charge in [-0.05, 0) is 31.2 Å². The number of hydrogen-bond donors (Lipinski definition) is 2. The molecular weight excluding hydrogens is 268 g/mol. The summed E-state index contributed by atoms with van der Waals surface area (Å²) in [5, 5.41) is 0. The van der Waals surface area contributed by atoms with Gasteiger partial charge in [0.15, 0.2) is 0 Å². The summed E-state index contributed by atoms with van der Waals surface area (Å²) in [5.74, 6) is 0.958. The first kappa shape index (κ1) is 15.8. The van der Waals surface area contributed by atoms with Crippen LogP contribution in [-0.2, 0) is 6.42 Å². The highest BCUT2D eigenvalue weighted by molar-refractivity contribution is 5.14. The quantitative estimate of drug-likeness (QED) is 0.718. The maximum Gasteiger partial charge on any atom is 0.127 e. The molecule has 1 aromatic rings. The molecule has 1 fully saturated rings. The maximum absolute atomic E-state index is 2.40. The number of allylic oxidation sites excluding steroid dienone is 2. The lowest BCUT2D eigenvalue weighted by atomic mass is 9.94. The van der Waals surface area contributed by atoms with Gasteiger partial charge in [-0.2, -0.15) is 0 Å². The minimum Gasteiger partial charge on any atom is -0.326 e. The molecule has 1 atom stereocenters. The van der Waals surface area contributed by atoms with Gasteiger partial charge in [-0.15, -0.1) is 0 Å². The Morgan fingerprint density at radius 2 is 1.68 bits per heavy atom. The SMILES string of the molecule is C1=CC[C@@H](C[NH+]2CC[NH+](CCCc3ccccc3)CC2)CC1. The predicted molar refractivity (Wildman–Crippen MR) is 92.4 cm³/mol. The van der Waals surface area contributed by atoms with Crippen molar-refractivity contribution in [2.45, 2.75) is 32.1 Å². The summed E-state index contributed by atoms with van der Waals surface area (Å²) in [6.07, 6.45) is 11.4. The van der Waals surface area contributed by atoms with Crippen LogP contribution in [0.25, 0.3) is 0 Å². The number of hydrogen-bond acceptors (Lipinski definition) is 0. The fourth-order valence-electron chi connectivity index (χ4n) is 4.05. The topological polar surface area (TPSA) is 8.88 Å². The van der Waals surface area contributed by atoms with Crippen molar-refractivity contribution < 1.29 is 9.80 Å². The third-order valence-corrected chi connectivity index (χ3v) is 5.46. The lowest BCUT2D eigenvalue weighted by molar-refractivity contribution is -1.01. The zero-order chi connectivity index (χ0) is 15.0. The first-order valence-electron chi connectivity index (χ1n) is 9.26. The molecule has 1 aromatic carbocycles. The summed E-state index contributed by atoms with van der Waals surface area (Å²) in [7, 11) is 0. The van der Waals surface area contributed by atoms with Crippen molar-refractivity contribution in [1.82, 2.24) is 0 Å². The Morgan fingerprint density at radius 1 is 0.909 bits per heavy atom. The van der Waals surface area contributed by atoms with Crippen molar-refractivity contribution in [2.24, 2.45) is 5.92 Å². The van der Waals surface area contributed by atoms with E-state index in [1.54, 1.807) is 0 Å². The minimum atomic E-state index is 0.958. The van der Waals surface area contributed by atoms with Gasteiger partial charge in [-0.3, -0.25) is 0 Å². The molecule has 0 spiro atoms. The van der Waals surface area contributed by atoms with Crippen molar-refractivity contribution in [3.8, 4) is 0 Å². The Labute approximate surface area is 135 Å². The van der Waals surface area contributed by atoms with E-state index in [4.69, 9.17) is 0 Å². The molecule has 2 nitrogen and oxygen atoms in total. The summed E-state index contributed by atoms with van der Waals surface area (Å²) >= 11 is 0. The second kappa shape index (κ2) is 8.50. The largest absolute Gasteiger partial charge is 0.326 e. The molecule has 2 aliphatic rings. The molecule has 22 heavy (non-hydrogen) atoms. The van der Waals surface area contributed by atoms with E-state index in [9.17, 15) is 0 Å². The zero-order valence-corrected chi connectivity index (χ0v) is 13.9. The van der Waals surface area contributed by atoms with E-state index in [2.05, 4.69) is 42.5 Å². The lowest BCUT2D eigenvalue weighted by Gasteiger charge is -2.32. The van der Waals surface area contributed by atoms with Gasteiger partial charge in [0, 0.05) is 12.3 Å². The van der Waals surface area contributed by atoms with Crippen molar-refractivity contribution in [2.75, 3.05) is 39.3 Å². The molecule has 0 amide bonds. The van der Waals surface area contributed by atoms with E-state index in [1.165, 1.54) is 76.9 Å². The molecular formula is C20H32N2+2. The van der Waals surface area contributed by atoms with E-state index in [-0.39, 0.29) is 0 Å². The summed E-state index contributed by atoms with van der Waals surface area (Å²) in [5.41, 5.74) is 1.50. The van der Waals surface area contributed by atoms with E-state index < -0.39 is 0 Å². The highest BCUT2D eigenvalue weighted by Crippen LogP contribution is 2.15. The average molecular weight is 300 g/mol. The van der Waals surface area contributed by atoms with E-state index in [0.29, 0.717) is 0 Å². The molecule has 2 heteroatoms. The van der Waals surface area contributed by atoms with Gasteiger partial charge in [0.05, 0.1) is 13.1 Å². The smallest absolute Gasteiger partial charge is 0.127 e. The second-order valence-corrected chi connectivity index (χ2v) is 7.19. The molecule has 120 valence electrons. The van der Waals surface area contributed by atoms with Crippen LogP contribution < -0.4 is 9.80 Å². The third kappa shape index (κ3) is 4.96. The van der Waals surface area contributed by atoms with Gasteiger partial charge < -0.3 is 9.80 Å². The van der Waals surface area contributed by atoms with Gasteiger partial charge >= 0.3 is 0 Å². The Hall–Kier alpha value is -1.12. The van der Waals surface area contributed by atoms with Gasteiger partial charge in [0.25, 0.3) is 0 Å². The van der Waals surface area contributed by atoms with Crippen LogP contribution in [0, 0.1) is 5.92 Å². The zero-order valence-electron chi connectivity index (χ0n) is 13.9. The number of rotatable bonds is 6. The van der Waals surface area contributed by atoms with Crippen LogP contribution in [0.5, 0.6) is 0 Å². The van der Waals surface area contributed by atoms with E-state index in [1.807, 2.05) is 9.80 Å². The Balaban J connectivity index is 1.31. The Bertz CT molecular complexity index is 446. The number of benzene rings is 1. The van der Waals surface area contributed by atoms with Crippen LogP contribution in [0.2, 0.25) is 0 Å². The molecule has 0 radical (unpaired) electrons. The van der Waals surface area contributed by atoms with Crippen LogP contribution in [0.15, 0.2) is 42.5 Å². The Morgan fingerprint density at radius 3 is 2.41 bits per heavy atom. The highest BCUT2D eigenvalue weighted by Gasteiger charge is 2.25. The van der Waals surface area contributed by atoms with Gasteiger partial charge in [-0.25, -0.2) is 0 Å². The Kier molecular flexibility index (Phi) is 6.09. The molecule has 2 N–H and O–H groups in total. The molecule has 1 saturated heterocycles. The van der Waals surface area contributed by atoms with E-state index in [0.717, 1.165) is 5.92 Å². The number of nitrogens with one attached hydrogen (secondary N) is 2. The summed E-state index contributed by atoms with van der Waals surface area (Å²) in [4.78, 5) is 3.70. The van der Waals surface area contributed by atoms with Crippen molar-refractivity contribution >= 4 is 0 Å². The average Bonchev–Trinajstić information content (AvgIpc) is 2.58. The van der Waals surface area contributed by atoms with Crippen LogP contribution in [0.3, 0.4) is 0 Å². The number of piperazine rings is 1. The standard InChI is InChI=1S/C20H30N2/c1-3-8-19(9-4-1)12-7-13-21-14-16-22(17-15-21)18-20-10-5-2-6-11-20/h1-5,8-9,20H,6-7,10-18H2/p+2/t20-/m1/s1. The fraction of sp³-hybridized carbons (Fsp3) is 0.600. The molecule has 1 heterocycles. The fourth-order valence-corrected chi connectivity index (χ4v) is 4.05. The number of quaternary nitrogens is 2. The molecule has 0 saturated carbocycles. The highest BCUT2D eigenvalue weighted by atomic mass is 15.3. The van der Waals surface area contributed by atoms with Crippen LogP contribution in [-0.4, -0.2) is 39.3 Å². The van der Waals surface area contributed by atoms with E-state index >= 15 is 0 Å². The monoisotopic (exact) mass is 300 g/mol. The summed E-state index contributed by atoms with van der Waals surface area (Å²) in [6, 6.07) is 10.9. The molecule has 0 aromatic heterocycles. The lowest BCUT2D eigenvalue weighted by Crippen LogP contribution is -3.28. The van der Waals surface area contributed by atoms with Crippen molar-refractivity contribution in [3.05, 3.63) is 48.0 Å². The molecule has 0 bridgehead atoms. The summed E-state index contributed by atoms with van der Waals surface area (Å²) in [6.45, 7) is 8.32. The van der Waals surface area contributed by atoms with Crippen molar-refractivity contribution in [1.29, 1.82) is 0 Å². The van der Waals surface area contributed by atoms with Crippen LogP contribution in [0.4, 0.5) is 0 Å². The first-order valence-corrected chi connectivity index (χ1v) is 9.26. The van der Waals surface area contributed by atoms with Crippen LogP contribution in [0.1, 0.15) is 31.2 Å². The second-order valence-electron chi connectivity index (χ2n) is 7.19.